The lowest BCUT2D eigenvalue weighted by molar-refractivity contribution is -0.122. The summed E-state index contributed by atoms with van der Waals surface area (Å²) in [6, 6.07) is 39.4. The Hall–Kier alpha value is -7.80. The van der Waals surface area contributed by atoms with Crippen molar-refractivity contribution in [2.45, 2.75) is 78.0 Å². The number of hydrogen-bond acceptors (Lipinski definition) is 12. The summed E-state index contributed by atoms with van der Waals surface area (Å²) in [5.41, 5.74) is 2.27. The van der Waals surface area contributed by atoms with Gasteiger partial charge in [0.1, 0.15) is 19.8 Å². The van der Waals surface area contributed by atoms with E-state index >= 15 is 0 Å². The van der Waals surface area contributed by atoms with E-state index in [4.69, 9.17) is 14.2 Å². The van der Waals surface area contributed by atoms with Crippen LogP contribution in [0.15, 0.2) is 160 Å². The first kappa shape index (κ1) is 57.9. The van der Waals surface area contributed by atoms with Gasteiger partial charge in [0.25, 0.3) is 16.7 Å². The average molecular weight is 1070 g/mol. The Morgan fingerprint density at radius 1 is 0.359 bits per heavy atom. The molecule has 18 heteroatoms. The van der Waals surface area contributed by atoms with Gasteiger partial charge in [-0.05, 0) is 72.4 Å². The third-order valence-electron chi connectivity index (χ3n) is 13.5. The van der Waals surface area contributed by atoms with E-state index in [1.807, 2.05) is 91.0 Å². The second-order valence-electron chi connectivity index (χ2n) is 19.3. The summed E-state index contributed by atoms with van der Waals surface area (Å²) >= 11 is 0. The van der Waals surface area contributed by atoms with E-state index in [-0.39, 0.29) is 51.6 Å². The van der Waals surface area contributed by atoms with E-state index in [2.05, 4.69) is 30.7 Å². The van der Waals surface area contributed by atoms with Gasteiger partial charge in [0.15, 0.2) is 17.2 Å². The van der Waals surface area contributed by atoms with Gasteiger partial charge in [0.2, 0.25) is 17.7 Å². The molecular weight excluding hydrogens is 991 g/mol. The van der Waals surface area contributed by atoms with Crippen molar-refractivity contribution in [3.63, 3.8) is 0 Å². The first-order valence-corrected chi connectivity index (χ1v) is 27.2. The second-order valence-corrected chi connectivity index (χ2v) is 19.3. The van der Waals surface area contributed by atoms with Crippen LogP contribution in [0.4, 0.5) is 0 Å². The Bertz CT molecular complexity index is 2620. The van der Waals surface area contributed by atoms with Gasteiger partial charge in [0.05, 0.1) is 0 Å². The number of carbonyl (C=O) groups excluding carboxylic acids is 3. The summed E-state index contributed by atoms with van der Waals surface area (Å²) in [6.07, 6.45) is 7.77. The molecule has 3 amide bonds. The molecule has 18 nitrogen and oxygen atoms in total. The van der Waals surface area contributed by atoms with Crippen LogP contribution in [0.3, 0.4) is 0 Å². The molecule has 0 bridgehead atoms. The van der Waals surface area contributed by atoms with E-state index in [1.165, 1.54) is 0 Å². The zero-order chi connectivity index (χ0) is 54.6. The number of pyridine rings is 3. The lowest BCUT2D eigenvalue weighted by Gasteiger charge is -2.25. The van der Waals surface area contributed by atoms with Crippen molar-refractivity contribution in [3.8, 4) is 17.2 Å². The van der Waals surface area contributed by atoms with Gasteiger partial charge in [-0.1, -0.05) is 91.0 Å². The number of nitrogens with one attached hydrogen (secondary N) is 3. The topological polar surface area (TPSA) is 191 Å². The standard InChI is InChI=1S/C60H75N9O9/c70-55(61-28-13-34-67-31-10-22-52(58(67)73)76-46-49-16-4-1-5-17-49)25-37-64-40-42-65(38-26-56(71)62-29-14-35-68-32-11-23-53(59(68)74)77-47-50-18-6-2-7-19-50)44-45-66(43-41-64)39-27-57(72)63-30-15-36-69-33-12-24-54(60(69)75)78-48-51-20-8-3-9-21-51/h1-12,16-24,31-33H,13-15,25-30,34-48H2,(H,61,70)(H,62,71)(H,63,72). The Morgan fingerprint density at radius 3 is 0.897 bits per heavy atom. The van der Waals surface area contributed by atoms with E-state index < -0.39 is 0 Å². The average Bonchev–Trinajstić information content (AvgIpc) is 3.56. The van der Waals surface area contributed by atoms with Gasteiger partial charge in [-0.3, -0.25) is 28.8 Å². The molecular formula is C60H75N9O9. The summed E-state index contributed by atoms with van der Waals surface area (Å²) in [5, 5.41) is 9.07. The van der Waals surface area contributed by atoms with E-state index in [1.54, 1.807) is 68.7 Å². The number of nitrogens with zero attached hydrogens (tertiary/aromatic N) is 6. The van der Waals surface area contributed by atoms with Gasteiger partial charge >= 0.3 is 0 Å². The van der Waals surface area contributed by atoms with E-state index in [9.17, 15) is 28.8 Å². The monoisotopic (exact) mass is 1070 g/mol. The first-order valence-electron chi connectivity index (χ1n) is 27.2. The molecule has 3 N–H and O–H groups in total. The first-order chi connectivity index (χ1) is 38.2. The number of aryl methyl sites for hydroxylation is 3. The van der Waals surface area contributed by atoms with E-state index in [0.29, 0.717) is 157 Å². The smallest absolute Gasteiger partial charge is 0.292 e. The van der Waals surface area contributed by atoms with Crippen LogP contribution in [-0.2, 0) is 53.8 Å². The number of aromatic nitrogens is 3. The Morgan fingerprint density at radius 2 is 0.628 bits per heavy atom. The molecule has 0 atom stereocenters. The number of rotatable bonds is 30. The van der Waals surface area contributed by atoms with Gasteiger partial charge in [-0.15, -0.1) is 0 Å². The quantitative estimate of drug-likeness (QED) is 0.0518. The summed E-state index contributed by atoms with van der Waals surface area (Å²) in [5.74, 6) is 0.612. The molecule has 1 saturated heterocycles. The maximum Gasteiger partial charge on any atom is 0.292 e. The van der Waals surface area contributed by atoms with Crippen LogP contribution < -0.4 is 46.8 Å². The lowest BCUT2D eigenvalue weighted by Crippen LogP contribution is -2.39. The highest BCUT2D eigenvalue weighted by Crippen LogP contribution is 2.11. The Kier molecular flexibility index (Phi) is 23.8. The van der Waals surface area contributed by atoms with Gasteiger partial charge in [-0.25, -0.2) is 0 Å². The van der Waals surface area contributed by atoms with Crippen LogP contribution in [0.5, 0.6) is 17.2 Å². The fourth-order valence-electron chi connectivity index (χ4n) is 8.94. The molecule has 414 valence electrons. The van der Waals surface area contributed by atoms with Crippen LogP contribution in [0, 0.1) is 0 Å². The molecule has 7 rings (SSSR count). The number of hydrogen-bond donors (Lipinski definition) is 3. The highest BCUT2D eigenvalue weighted by atomic mass is 16.5. The van der Waals surface area contributed by atoms with Gasteiger partial charge in [-0.2, -0.15) is 0 Å². The van der Waals surface area contributed by atoms with Crippen molar-refractivity contribution >= 4 is 17.7 Å². The zero-order valence-electron chi connectivity index (χ0n) is 44.7. The zero-order valence-corrected chi connectivity index (χ0v) is 44.7. The van der Waals surface area contributed by atoms with Crippen LogP contribution in [0.25, 0.3) is 0 Å². The lowest BCUT2D eigenvalue weighted by atomic mass is 10.2. The summed E-state index contributed by atoms with van der Waals surface area (Å²) in [6.45, 7) is 9.20. The molecule has 0 aliphatic carbocycles. The number of carbonyl (C=O) groups is 3. The predicted octanol–water partition coefficient (Wildman–Crippen LogP) is 4.92. The maximum absolute atomic E-state index is 13.2. The molecule has 6 aromatic rings. The minimum absolute atomic E-state index is 0.0767. The third kappa shape index (κ3) is 20.0. The maximum atomic E-state index is 13.2. The second kappa shape index (κ2) is 32.1. The number of ether oxygens (including phenoxy) is 3. The van der Waals surface area contributed by atoms with Crippen LogP contribution in [0.1, 0.15) is 55.2 Å². The molecule has 0 radical (unpaired) electrons. The summed E-state index contributed by atoms with van der Waals surface area (Å²) < 4.78 is 22.2. The molecule has 0 spiro atoms. The summed E-state index contributed by atoms with van der Waals surface area (Å²) in [4.78, 5) is 85.4. The fourth-order valence-corrected chi connectivity index (χ4v) is 8.94. The van der Waals surface area contributed by atoms with Gasteiger partial charge in [0, 0.05) is 136 Å². The molecule has 1 aliphatic heterocycles. The van der Waals surface area contributed by atoms with Crippen molar-refractivity contribution in [2.75, 3.05) is 78.5 Å². The van der Waals surface area contributed by atoms with Gasteiger partial charge < -0.3 is 58.6 Å². The minimum Gasteiger partial charge on any atom is -0.483 e. The molecule has 0 unspecified atom stereocenters. The molecule has 4 heterocycles. The van der Waals surface area contributed by atoms with E-state index in [0.717, 1.165) is 16.7 Å². The highest BCUT2D eigenvalue weighted by Gasteiger charge is 2.19. The van der Waals surface area contributed by atoms with Crippen LogP contribution in [0.2, 0.25) is 0 Å². The minimum atomic E-state index is -0.215. The highest BCUT2D eigenvalue weighted by molar-refractivity contribution is 5.76. The summed E-state index contributed by atoms with van der Waals surface area (Å²) in [7, 11) is 0. The normalized spacial score (nSPS) is 13.4. The molecule has 3 aromatic heterocycles. The number of benzene rings is 3. The molecule has 78 heavy (non-hydrogen) atoms. The molecule has 0 saturated carbocycles. The number of amides is 3. The predicted molar refractivity (Wildman–Crippen MR) is 300 cm³/mol. The van der Waals surface area contributed by atoms with Crippen molar-refractivity contribution in [1.82, 2.24) is 44.4 Å². The van der Waals surface area contributed by atoms with Crippen molar-refractivity contribution in [3.05, 3.63) is 194 Å². The Balaban J connectivity index is 0.851. The van der Waals surface area contributed by atoms with Crippen molar-refractivity contribution in [1.29, 1.82) is 0 Å². The molecule has 1 fully saturated rings. The van der Waals surface area contributed by atoms with Crippen molar-refractivity contribution < 1.29 is 28.6 Å². The SMILES string of the molecule is O=C(CCN1CCN(CCC(=O)NCCCn2cccc(OCc3ccccc3)c2=O)CCN(CCC(=O)NCCCn2cccc(OCc3ccccc3)c2=O)CC1)NCCCn1cccc(OCc2ccccc2)c1=O. The third-order valence-corrected chi connectivity index (χ3v) is 13.5. The van der Waals surface area contributed by atoms with Crippen LogP contribution >= 0.6 is 0 Å². The van der Waals surface area contributed by atoms with Crippen molar-refractivity contribution in [2.24, 2.45) is 0 Å². The molecule has 1 aliphatic rings. The Labute approximate surface area is 456 Å². The van der Waals surface area contributed by atoms with Crippen LogP contribution in [-0.4, -0.2) is 125 Å². The molecule has 3 aromatic carbocycles. The fraction of sp³-hybridized carbons (Fsp3) is 0.400. The largest absolute Gasteiger partial charge is 0.483 e.